The second-order valence-electron chi connectivity index (χ2n) is 4.06. The number of fused-ring (bicyclic) bond motifs is 1. The Labute approximate surface area is 108 Å². The quantitative estimate of drug-likeness (QED) is 0.715. The average Bonchev–Trinajstić information content (AvgIpc) is 2.63. The summed E-state index contributed by atoms with van der Waals surface area (Å²) in [6.07, 6.45) is 0. The number of rotatable bonds is 1. The van der Waals surface area contributed by atoms with E-state index in [1.807, 2.05) is 0 Å². The highest BCUT2D eigenvalue weighted by molar-refractivity contribution is 6.30. The molecule has 3 rings (SSSR count). The van der Waals surface area contributed by atoms with Crippen LogP contribution < -0.4 is 0 Å². The van der Waals surface area contributed by atoms with Gasteiger partial charge in [-0.25, -0.2) is 4.99 Å². The molecular formula is C14H8ClF2N. The molecule has 1 aliphatic rings. The van der Waals surface area contributed by atoms with Gasteiger partial charge in [0.05, 0.1) is 11.3 Å². The number of para-hydroxylation sites is 1. The second-order valence-corrected chi connectivity index (χ2v) is 4.50. The molecule has 0 saturated heterocycles. The summed E-state index contributed by atoms with van der Waals surface area (Å²) in [5, 5.41) is 0.512. The van der Waals surface area contributed by atoms with Gasteiger partial charge < -0.3 is 0 Å². The maximum absolute atomic E-state index is 14.2. The number of aliphatic imine (C=N–C) groups is 1. The molecule has 0 bridgehead atoms. The van der Waals surface area contributed by atoms with Crippen molar-refractivity contribution in [2.24, 2.45) is 4.99 Å². The highest BCUT2D eigenvalue weighted by Crippen LogP contribution is 2.44. The van der Waals surface area contributed by atoms with Gasteiger partial charge in [0, 0.05) is 10.6 Å². The Morgan fingerprint density at radius 3 is 2.28 bits per heavy atom. The zero-order valence-electron chi connectivity index (χ0n) is 9.20. The molecule has 0 saturated carbocycles. The third-order valence-corrected chi connectivity index (χ3v) is 3.14. The highest BCUT2D eigenvalue weighted by atomic mass is 35.5. The second kappa shape index (κ2) is 3.89. The van der Waals surface area contributed by atoms with Crippen molar-refractivity contribution in [3.05, 3.63) is 64.7 Å². The summed E-state index contributed by atoms with van der Waals surface area (Å²) in [6.45, 7) is 0. The van der Waals surface area contributed by atoms with Crippen LogP contribution >= 0.6 is 11.6 Å². The fraction of sp³-hybridized carbons (Fsp3) is 0.0714. The Hall–Kier alpha value is -1.74. The van der Waals surface area contributed by atoms with Gasteiger partial charge in [-0.2, -0.15) is 8.78 Å². The number of hydrogen-bond donors (Lipinski definition) is 0. The van der Waals surface area contributed by atoms with Crippen LogP contribution in [-0.4, -0.2) is 5.71 Å². The number of nitrogens with zero attached hydrogens (tertiary/aromatic N) is 1. The summed E-state index contributed by atoms with van der Waals surface area (Å²) in [4.78, 5) is 4.03. The molecular weight excluding hydrogens is 256 g/mol. The summed E-state index contributed by atoms with van der Waals surface area (Å²) >= 11 is 5.75. The van der Waals surface area contributed by atoms with E-state index in [9.17, 15) is 8.78 Å². The molecule has 0 aromatic heterocycles. The fourth-order valence-electron chi connectivity index (χ4n) is 2.01. The lowest BCUT2D eigenvalue weighted by molar-refractivity contribution is 0.0810. The van der Waals surface area contributed by atoms with Crippen LogP contribution in [0.25, 0.3) is 0 Å². The van der Waals surface area contributed by atoms with Gasteiger partial charge >= 0.3 is 5.92 Å². The van der Waals surface area contributed by atoms with E-state index < -0.39 is 5.92 Å². The topological polar surface area (TPSA) is 12.4 Å². The number of hydrogen-bond acceptors (Lipinski definition) is 1. The summed E-state index contributed by atoms with van der Waals surface area (Å²) in [5.74, 6) is -3.05. The average molecular weight is 264 g/mol. The van der Waals surface area contributed by atoms with Crippen molar-refractivity contribution in [3.8, 4) is 0 Å². The number of alkyl halides is 2. The first-order chi connectivity index (χ1) is 8.59. The molecule has 0 fully saturated rings. The van der Waals surface area contributed by atoms with Gasteiger partial charge in [0.1, 0.15) is 5.71 Å². The minimum absolute atomic E-state index is 0.0463. The van der Waals surface area contributed by atoms with Crippen LogP contribution in [-0.2, 0) is 5.92 Å². The Bertz CT molecular complexity index is 632. The van der Waals surface area contributed by atoms with Crippen molar-refractivity contribution in [1.82, 2.24) is 0 Å². The molecule has 2 aromatic rings. The van der Waals surface area contributed by atoms with E-state index in [2.05, 4.69) is 4.99 Å². The van der Waals surface area contributed by atoms with Crippen molar-refractivity contribution >= 4 is 23.0 Å². The SMILES string of the molecule is FC1(F)C(c2ccc(Cl)cc2)=Nc2ccccc21. The maximum Gasteiger partial charge on any atom is 0.317 e. The van der Waals surface area contributed by atoms with Crippen molar-refractivity contribution < 1.29 is 8.78 Å². The Balaban J connectivity index is 2.13. The minimum atomic E-state index is -3.05. The largest absolute Gasteiger partial charge is 0.317 e. The first kappa shape index (κ1) is 11.4. The standard InChI is InChI=1S/C14H8ClF2N/c15-10-7-5-9(6-8-10)13-14(16,17)11-3-1-2-4-12(11)18-13/h1-8H. The molecule has 1 heterocycles. The third kappa shape index (κ3) is 1.63. The van der Waals surface area contributed by atoms with Gasteiger partial charge in [-0.3, -0.25) is 0 Å². The molecule has 0 radical (unpaired) electrons. The van der Waals surface area contributed by atoms with Crippen LogP contribution in [0.5, 0.6) is 0 Å². The number of halogens is 3. The smallest absolute Gasteiger partial charge is 0.246 e. The van der Waals surface area contributed by atoms with E-state index >= 15 is 0 Å². The molecule has 0 aliphatic carbocycles. The van der Waals surface area contributed by atoms with Crippen LogP contribution in [0.4, 0.5) is 14.5 Å². The molecule has 18 heavy (non-hydrogen) atoms. The van der Waals surface area contributed by atoms with Crippen LogP contribution in [0.2, 0.25) is 5.02 Å². The molecule has 2 aromatic carbocycles. The molecule has 90 valence electrons. The van der Waals surface area contributed by atoms with Crippen LogP contribution in [0.15, 0.2) is 53.5 Å². The fourth-order valence-corrected chi connectivity index (χ4v) is 2.13. The number of benzene rings is 2. The van der Waals surface area contributed by atoms with Crippen LogP contribution in [0, 0.1) is 0 Å². The lowest BCUT2D eigenvalue weighted by Gasteiger charge is -2.13. The first-order valence-corrected chi connectivity index (χ1v) is 5.79. The van der Waals surface area contributed by atoms with E-state index in [0.29, 0.717) is 16.3 Å². The Kier molecular flexibility index (Phi) is 2.45. The summed E-state index contributed by atoms with van der Waals surface area (Å²) < 4.78 is 28.4. The highest BCUT2D eigenvalue weighted by Gasteiger charge is 2.44. The van der Waals surface area contributed by atoms with E-state index in [1.54, 1.807) is 42.5 Å². The van der Waals surface area contributed by atoms with Crippen molar-refractivity contribution in [2.75, 3.05) is 0 Å². The van der Waals surface area contributed by atoms with E-state index in [0.717, 1.165) is 0 Å². The summed E-state index contributed by atoms with van der Waals surface area (Å²) in [7, 11) is 0. The van der Waals surface area contributed by atoms with Gasteiger partial charge in [0.2, 0.25) is 0 Å². The van der Waals surface area contributed by atoms with Crippen molar-refractivity contribution in [2.45, 2.75) is 5.92 Å². The normalized spacial score (nSPS) is 16.3. The Morgan fingerprint density at radius 1 is 0.944 bits per heavy atom. The van der Waals surface area contributed by atoms with E-state index in [4.69, 9.17) is 11.6 Å². The van der Waals surface area contributed by atoms with Crippen molar-refractivity contribution in [1.29, 1.82) is 0 Å². The van der Waals surface area contributed by atoms with Gasteiger partial charge in [-0.05, 0) is 18.2 Å². The predicted molar refractivity (Wildman–Crippen MR) is 68.0 cm³/mol. The zero-order valence-corrected chi connectivity index (χ0v) is 9.96. The first-order valence-electron chi connectivity index (χ1n) is 5.41. The van der Waals surface area contributed by atoms with E-state index in [1.165, 1.54) is 6.07 Å². The summed E-state index contributed by atoms with van der Waals surface area (Å²) in [6, 6.07) is 12.6. The van der Waals surface area contributed by atoms with E-state index in [-0.39, 0.29) is 11.3 Å². The minimum Gasteiger partial charge on any atom is -0.246 e. The van der Waals surface area contributed by atoms with Gasteiger partial charge in [-0.15, -0.1) is 0 Å². The Morgan fingerprint density at radius 2 is 1.61 bits per heavy atom. The molecule has 4 heteroatoms. The van der Waals surface area contributed by atoms with Crippen molar-refractivity contribution in [3.63, 3.8) is 0 Å². The summed E-state index contributed by atoms with van der Waals surface area (Å²) in [5.41, 5.74) is 0.448. The molecule has 1 nitrogen and oxygen atoms in total. The zero-order chi connectivity index (χ0) is 12.8. The molecule has 1 aliphatic heterocycles. The molecule has 0 atom stereocenters. The molecule has 0 amide bonds. The predicted octanol–water partition coefficient (Wildman–Crippen LogP) is 4.57. The van der Waals surface area contributed by atoms with Crippen LogP contribution in [0.3, 0.4) is 0 Å². The third-order valence-electron chi connectivity index (χ3n) is 2.89. The lowest BCUT2D eigenvalue weighted by atomic mass is 10.0. The van der Waals surface area contributed by atoms with Gasteiger partial charge in [-0.1, -0.05) is 41.9 Å². The molecule has 0 unspecified atom stereocenters. The monoisotopic (exact) mass is 263 g/mol. The molecule has 0 spiro atoms. The lowest BCUT2D eigenvalue weighted by Crippen LogP contribution is -2.23. The van der Waals surface area contributed by atoms with Gasteiger partial charge in [0.15, 0.2) is 0 Å². The van der Waals surface area contributed by atoms with Crippen LogP contribution in [0.1, 0.15) is 11.1 Å². The maximum atomic E-state index is 14.2. The van der Waals surface area contributed by atoms with Gasteiger partial charge in [0.25, 0.3) is 0 Å². The molecule has 0 N–H and O–H groups in total.